The molecule has 144 valence electrons. The third-order valence-electron chi connectivity index (χ3n) is 7.83. The van der Waals surface area contributed by atoms with E-state index in [4.69, 9.17) is 14.2 Å². The molecule has 6 rings (SSSR count). The van der Waals surface area contributed by atoms with Crippen LogP contribution in [0.2, 0.25) is 0 Å². The molecule has 0 spiro atoms. The van der Waals surface area contributed by atoms with Gasteiger partial charge in [-0.25, -0.2) is 0 Å². The molecule has 6 aliphatic rings. The average Bonchev–Trinajstić information content (AvgIpc) is 3.12. The summed E-state index contributed by atoms with van der Waals surface area (Å²) >= 11 is 0. The Morgan fingerprint density at radius 1 is 1.41 bits per heavy atom. The molecular formula is C21H24O6. The lowest BCUT2D eigenvalue weighted by atomic mass is 9.42. The van der Waals surface area contributed by atoms with Gasteiger partial charge in [-0.3, -0.25) is 9.59 Å². The maximum absolute atomic E-state index is 12.9. The number of carbonyl (C=O) groups is 2. The van der Waals surface area contributed by atoms with Gasteiger partial charge in [0, 0.05) is 29.6 Å². The highest BCUT2D eigenvalue weighted by Gasteiger charge is 2.79. The van der Waals surface area contributed by atoms with Crippen molar-refractivity contribution in [3.63, 3.8) is 0 Å². The number of hydrogen-bond donors (Lipinski definition) is 1. The molecule has 5 fully saturated rings. The summed E-state index contributed by atoms with van der Waals surface area (Å²) in [6.07, 6.45) is 5.30. The van der Waals surface area contributed by atoms with Gasteiger partial charge in [0.15, 0.2) is 17.2 Å². The fourth-order valence-electron chi connectivity index (χ4n) is 6.85. The van der Waals surface area contributed by atoms with Gasteiger partial charge in [0.1, 0.15) is 12.2 Å². The molecule has 6 heteroatoms. The van der Waals surface area contributed by atoms with Gasteiger partial charge >= 0.3 is 5.97 Å². The lowest BCUT2D eigenvalue weighted by Gasteiger charge is -2.69. The van der Waals surface area contributed by atoms with Gasteiger partial charge in [0.2, 0.25) is 0 Å². The molecule has 0 radical (unpaired) electrons. The van der Waals surface area contributed by atoms with E-state index in [0.29, 0.717) is 25.0 Å². The second kappa shape index (κ2) is 5.15. The molecule has 0 aromatic rings. The molecule has 27 heavy (non-hydrogen) atoms. The fourth-order valence-corrected chi connectivity index (χ4v) is 6.85. The molecule has 2 saturated carbocycles. The minimum atomic E-state index is -1.45. The Labute approximate surface area is 158 Å². The third-order valence-corrected chi connectivity index (χ3v) is 7.83. The number of esters is 1. The van der Waals surface area contributed by atoms with Crippen molar-refractivity contribution >= 4 is 11.8 Å². The van der Waals surface area contributed by atoms with Crippen LogP contribution >= 0.6 is 0 Å². The number of hydrogen-bond acceptors (Lipinski definition) is 6. The van der Waals surface area contributed by atoms with E-state index in [1.54, 1.807) is 6.08 Å². The van der Waals surface area contributed by atoms with Crippen molar-refractivity contribution in [1.82, 2.24) is 0 Å². The predicted molar refractivity (Wildman–Crippen MR) is 92.7 cm³/mol. The van der Waals surface area contributed by atoms with Crippen LogP contribution in [0.5, 0.6) is 0 Å². The van der Waals surface area contributed by atoms with E-state index < -0.39 is 22.7 Å². The fraction of sp³-hybridized carbons (Fsp3) is 0.714. The molecule has 8 atom stereocenters. The van der Waals surface area contributed by atoms with Crippen LogP contribution < -0.4 is 0 Å². The van der Waals surface area contributed by atoms with Gasteiger partial charge in [0.05, 0.1) is 13.0 Å². The Hall–Kier alpha value is -1.84. The Bertz CT molecular complexity index is 835. The lowest BCUT2D eigenvalue weighted by Crippen LogP contribution is -2.76. The summed E-state index contributed by atoms with van der Waals surface area (Å²) in [7, 11) is 0. The van der Waals surface area contributed by atoms with Crippen molar-refractivity contribution in [3.05, 3.63) is 11.6 Å². The number of rotatable bonds is 1. The quantitative estimate of drug-likeness (QED) is 0.556. The number of ether oxygens (including phenoxy) is 3. The van der Waals surface area contributed by atoms with Crippen molar-refractivity contribution in [2.75, 3.05) is 6.61 Å². The Morgan fingerprint density at radius 3 is 2.93 bits per heavy atom. The van der Waals surface area contributed by atoms with Crippen molar-refractivity contribution in [2.24, 2.45) is 29.1 Å². The van der Waals surface area contributed by atoms with E-state index in [9.17, 15) is 14.7 Å². The molecule has 3 aliphatic carbocycles. The first kappa shape index (κ1) is 17.3. The maximum Gasteiger partial charge on any atom is 0.306 e. The van der Waals surface area contributed by atoms with Crippen LogP contribution in [0.3, 0.4) is 0 Å². The minimum Gasteiger partial charge on any atom is -0.462 e. The van der Waals surface area contributed by atoms with Crippen LogP contribution in [0.15, 0.2) is 11.6 Å². The molecule has 3 heterocycles. The lowest BCUT2D eigenvalue weighted by molar-refractivity contribution is -0.392. The summed E-state index contributed by atoms with van der Waals surface area (Å²) < 4.78 is 17.2. The average molecular weight is 372 g/mol. The van der Waals surface area contributed by atoms with Gasteiger partial charge < -0.3 is 19.3 Å². The van der Waals surface area contributed by atoms with Crippen molar-refractivity contribution < 1.29 is 28.9 Å². The topological polar surface area (TPSA) is 82.1 Å². The minimum absolute atomic E-state index is 0.0118. The molecule has 6 nitrogen and oxygen atoms in total. The normalized spacial score (nSPS) is 51.7. The van der Waals surface area contributed by atoms with Gasteiger partial charge in [-0.1, -0.05) is 6.92 Å². The molecule has 0 aromatic heterocycles. The van der Waals surface area contributed by atoms with Gasteiger partial charge in [-0.2, -0.15) is 0 Å². The third kappa shape index (κ3) is 1.85. The number of fused-ring (bicyclic) bond motifs is 1. The van der Waals surface area contributed by atoms with Crippen LogP contribution in [0, 0.1) is 41.1 Å². The first-order valence-corrected chi connectivity index (χ1v) is 9.75. The molecule has 4 bridgehead atoms. The Morgan fingerprint density at radius 2 is 2.19 bits per heavy atom. The van der Waals surface area contributed by atoms with Gasteiger partial charge in [0.25, 0.3) is 0 Å². The van der Waals surface area contributed by atoms with Gasteiger partial charge in [-0.15, -0.1) is 0 Å². The Kier molecular flexibility index (Phi) is 3.29. The summed E-state index contributed by atoms with van der Waals surface area (Å²) in [4.78, 5) is 24.9. The summed E-state index contributed by atoms with van der Waals surface area (Å²) in [5, 5.41) is 11.5. The number of carbonyl (C=O) groups excluding carboxylic acids is 2. The first-order chi connectivity index (χ1) is 12.8. The molecule has 0 amide bonds. The summed E-state index contributed by atoms with van der Waals surface area (Å²) in [5.74, 6) is 0.855. The molecule has 3 aliphatic heterocycles. The monoisotopic (exact) mass is 372 g/mol. The Balaban J connectivity index is 1.72. The zero-order valence-electron chi connectivity index (χ0n) is 15.8. The summed E-state index contributed by atoms with van der Waals surface area (Å²) in [5.41, 5.74) is -1.05. The van der Waals surface area contributed by atoms with E-state index in [-0.39, 0.29) is 42.0 Å². The van der Waals surface area contributed by atoms with Crippen molar-refractivity contribution in [3.8, 4) is 12.0 Å². The van der Waals surface area contributed by atoms with Gasteiger partial charge in [-0.05, 0) is 43.8 Å². The summed E-state index contributed by atoms with van der Waals surface area (Å²) in [6.45, 7) is 6.18. The highest BCUT2D eigenvalue weighted by Crippen LogP contribution is 2.73. The van der Waals surface area contributed by atoms with E-state index in [1.165, 1.54) is 0 Å². The van der Waals surface area contributed by atoms with Crippen LogP contribution in [-0.2, 0) is 23.8 Å². The maximum atomic E-state index is 12.9. The van der Waals surface area contributed by atoms with E-state index in [0.717, 1.165) is 0 Å². The zero-order chi connectivity index (χ0) is 19.2. The largest absolute Gasteiger partial charge is 0.462 e. The summed E-state index contributed by atoms with van der Waals surface area (Å²) in [6, 6.07) is 0. The van der Waals surface area contributed by atoms with E-state index in [2.05, 4.69) is 12.0 Å². The second-order valence-electron chi connectivity index (χ2n) is 8.82. The van der Waals surface area contributed by atoms with Crippen molar-refractivity contribution in [1.29, 1.82) is 0 Å². The van der Waals surface area contributed by atoms with E-state index >= 15 is 0 Å². The second-order valence-corrected chi connectivity index (χ2v) is 8.82. The highest BCUT2D eigenvalue weighted by molar-refractivity contribution is 5.96. The molecular weight excluding hydrogens is 348 g/mol. The first-order valence-electron chi connectivity index (χ1n) is 9.75. The SMILES string of the molecule is CCOC#C[C@@]12O[C@@]3(O)C[C@@H](C(=O)C=C1C)[C@]2(C)[C@H]1[C@@H]2CC(=O)O[C@@H]2C[C@H]13. The van der Waals surface area contributed by atoms with Crippen LogP contribution in [0.1, 0.15) is 40.0 Å². The molecule has 1 N–H and O–H groups in total. The van der Waals surface area contributed by atoms with Crippen LogP contribution in [0.4, 0.5) is 0 Å². The number of ketones is 1. The standard InChI is InChI=1S/C21H24O6/c1-4-25-6-5-20-11(2)7-15(22)14-10-21(24,27-20)13-9-16-12(8-17(23)26-16)18(13)19(14,20)3/h7,12-14,16,18,24H,4,8-10H2,1-3H3/t12-,13-,14+,16-,18+,19-,20-,21+/m1/s1. The molecule has 0 unspecified atom stereocenters. The van der Waals surface area contributed by atoms with Crippen LogP contribution in [0.25, 0.3) is 0 Å². The molecule has 0 aromatic carbocycles. The van der Waals surface area contributed by atoms with Crippen LogP contribution in [-0.4, -0.2) is 41.0 Å². The smallest absolute Gasteiger partial charge is 0.306 e. The number of allylic oxidation sites excluding steroid dienone is 1. The predicted octanol–water partition coefficient (Wildman–Crippen LogP) is 1.56. The highest BCUT2D eigenvalue weighted by atomic mass is 16.6. The zero-order valence-corrected chi connectivity index (χ0v) is 15.8. The van der Waals surface area contributed by atoms with Crippen molar-refractivity contribution in [2.45, 2.75) is 57.5 Å². The molecule has 3 saturated heterocycles. The van der Waals surface area contributed by atoms with E-state index in [1.807, 2.05) is 20.8 Å². The number of aliphatic hydroxyl groups is 1.